The van der Waals surface area contributed by atoms with Crippen LogP contribution in [0.15, 0.2) is 0 Å². The van der Waals surface area contributed by atoms with Crippen molar-refractivity contribution in [3.63, 3.8) is 0 Å². The Morgan fingerprint density at radius 3 is 0.772 bits per heavy atom. The van der Waals surface area contributed by atoms with Gasteiger partial charge in [-0.3, -0.25) is 37.3 Å². The summed E-state index contributed by atoms with van der Waals surface area (Å²) in [6.45, 7) is 7.22. The van der Waals surface area contributed by atoms with E-state index in [1.54, 1.807) is 0 Å². The van der Waals surface area contributed by atoms with E-state index in [1.807, 2.05) is 0 Å². The molecule has 0 aliphatic heterocycles. The Morgan fingerprint density at radius 2 is 0.522 bits per heavy atom. The van der Waals surface area contributed by atoms with E-state index in [0.29, 0.717) is 25.7 Å². The fraction of sp³-hybridized carbons (Fsp3) is 0.945. The summed E-state index contributed by atoms with van der Waals surface area (Å²) in [5.74, 6) is -1.32. The number of carbonyl (C=O) groups is 4. The standard InChI is InChI=1S/C73H142O17P2/c1-6-10-13-16-18-20-22-24-26-27-28-29-30-32-34-40-44-49-54-59-73(78)90-69(63-84-71(76)57-52-47-42-38-36-35-37-41-46-50-55-66(5)9-4)65-88-92(81,82)86-61-67(74)60-85-91(79,80)87-64-68(62-83-70(75)56-51-45-15-12-8-3)89-72(77)58-53-48-43-39-33-31-25-23-21-19-17-14-11-7-2/h66-69,74H,6-65H2,1-5H3,(H,79,80)(H,81,82)/t66?,67-,68+,69+/m0/s1. The number of phosphoric ester groups is 2. The summed E-state index contributed by atoms with van der Waals surface area (Å²) in [5, 5.41) is 10.6. The van der Waals surface area contributed by atoms with Crippen LogP contribution in [0.2, 0.25) is 0 Å². The van der Waals surface area contributed by atoms with Gasteiger partial charge in [-0.2, -0.15) is 0 Å². The molecule has 0 radical (unpaired) electrons. The van der Waals surface area contributed by atoms with Crippen LogP contribution in [0.1, 0.15) is 381 Å². The Bertz CT molecular complexity index is 1770. The monoisotopic (exact) mass is 1350 g/mol. The molecule has 17 nitrogen and oxygen atoms in total. The molecule has 0 heterocycles. The summed E-state index contributed by atoms with van der Waals surface area (Å²) in [4.78, 5) is 72.4. The van der Waals surface area contributed by atoms with Gasteiger partial charge in [0.15, 0.2) is 12.2 Å². The molecular formula is C73H142O17P2. The van der Waals surface area contributed by atoms with E-state index in [2.05, 4.69) is 34.6 Å². The number of hydrogen-bond donors (Lipinski definition) is 3. The molecule has 0 bridgehead atoms. The minimum Gasteiger partial charge on any atom is -0.462 e. The molecule has 0 aliphatic carbocycles. The first kappa shape index (κ1) is 90.1. The third kappa shape index (κ3) is 65.4. The predicted molar refractivity (Wildman–Crippen MR) is 372 cm³/mol. The van der Waals surface area contributed by atoms with Gasteiger partial charge in [-0.15, -0.1) is 0 Å². The second-order valence-electron chi connectivity index (χ2n) is 26.6. The molecule has 92 heavy (non-hydrogen) atoms. The minimum absolute atomic E-state index is 0.107. The normalized spacial score (nSPS) is 14.3. The van der Waals surface area contributed by atoms with Crippen LogP contribution in [0.5, 0.6) is 0 Å². The summed E-state index contributed by atoms with van der Waals surface area (Å²) in [7, 11) is -9.90. The van der Waals surface area contributed by atoms with Gasteiger partial charge in [0, 0.05) is 25.7 Å². The van der Waals surface area contributed by atoms with Gasteiger partial charge in [0.1, 0.15) is 19.3 Å². The van der Waals surface area contributed by atoms with Crippen molar-refractivity contribution in [1.82, 2.24) is 0 Å². The average molecular weight is 1350 g/mol. The van der Waals surface area contributed by atoms with Gasteiger partial charge in [0.25, 0.3) is 0 Å². The Labute approximate surface area is 562 Å². The van der Waals surface area contributed by atoms with E-state index in [0.717, 1.165) is 102 Å². The van der Waals surface area contributed by atoms with Crippen molar-refractivity contribution in [2.24, 2.45) is 5.92 Å². The molecule has 0 aliphatic rings. The van der Waals surface area contributed by atoms with Gasteiger partial charge < -0.3 is 33.8 Å². The van der Waals surface area contributed by atoms with Crippen molar-refractivity contribution < 1.29 is 80.2 Å². The first-order valence-electron chi connectivity index (χ1n) is 38.2. The third-order valence-electron chi connectivity index (χ3n) is 17.4. The van der Waals surface area contributed by atoms with Crippen LogP contribution in [0.4, 0.5) is 0 Å². The van der Waals surface area contributed by atoms with Crippen LogP contribution in [0.25, 0.3) is 0 Å². The van der Waals surface area contributed by atoms with Crippen LogP contribution < -0.4 is 0 Å². The Balaban J connectivity index is 5.14. The maximum absolute atomic E-state index is 13.0. The molecule has 0 fully saturated rings. The number of esters is 4. The zero-order valence-corrected chi connectivity index (χ0v) is 61.5. The molecule has 546 valence electrons. The van der Waals surface area contributed by atoms with Gasteiger partial charge >= 0.3 is 39.5 Å². The first-order valence-corrected chi connectivity index (χ1v) is 41.2. The van der Waals surface area contributed by atoms with E-state index >= 15 is 0 Å². The molecule has 0 aromatic rings. The molecule has 0 saturated carbocycles. The molecule has 0 spiro atoms. The average Bonchev–Trinajstić information content (AvgIpc) is 2.35. The molecule has 0 rings (SSSR count). The molecular weight excluding hydrogens is 1210 g/mol. The number of carbonyl (C=O) groups excluding carboxylic acids is 4. The number of unbranched alkanes of at least 4 members (excludes halogenated alkanes) is 44. The number of phosphoric acid groups is 2. The largest absolute Gasteiger partial charge is 0.472 e. The molecule has 19 heteroatoms. The highest BCUT2D eigenvalue weighted by Gasteiger charge is 2.30. The quantitative estimate of drug-likeness (QED) is 0.0222. The number of hydrogen-bond acceptors (Lipinski definition) is 15. The van der Waals surface area contributed by atoms with Gasteiger partial charge in [-0.25, -0.2) is 9.13 Å². The maximum atomic E-state index is 13.0. The summed E-state index contributed by atoms with van der Waals surface area (Å²) in [6, 6.07) is 0. The smallest absolute Gasteiger partial charge is 0.462 e. The second-order valence-corrected chi connectivity index (χ2v) is 29.5. The predicted octanol–water partition coefficient (Wildman–Crippen LogP) is 21.3. The van der Waals surface area contributed by atoms with E-state index in [1.165, 1.54) is 199 Å². The topological polar surface area (TPSA) is 237 Å². The van der Waals surface area contributed by atoms with E-state index in [9.17, 15) is 43.2 Å². The Hall–Kier alpha value is -1.94. The minimum atomic E-state index is -4.95. The highest BCUT2D eigenvalue weighted by Crippen LogP contribution is 2.45. The van der Waals surface area contributed by atoms with Crippen LogP contribution in [-0.2, 0) is 65.4 Å². The fourth-order valence-corrected chi connectivity index (χ4v) is 12.7. The van der Waals surface area contributed by atoms with Gasteiger partial charge in [0.05, 0.1) is 26.4 Å². The summed E-state index contributed by atoms with van der Waals surface area (Å²) < 4.78 is 68.2. The number of rotatable bonds is 73. The van der Waals surface area contributed by atoms with Crippen molar-refractivity contribution in [2.45, 2.75) is 400 Å². The molecule has 6 atom stereocenters. The summed E-state index contributed by atoms with van der Waals surface area (Å²) in [5.41, 5.74) is 0. The van der Waals surface area contributed by atoms with Crippen molar-refractivity contribution in [3.05, 3.63) is 0 Å². The summed E-state index contributed by atoms with van der Waals surface area (Å²) in [6.07, 6.45) is 54.4. The lowest BCUT2D eigenvalue weighted by atomic mass is 9.99. The number of aliphatic hydroxyl groups excluding tert-OH is 1. The fourth-order valence-electron chi connectivity index (χ4n) is 11.1. The van der Waals surface area contributed by atoms with Crippen molar-refractivity contribution in [2.75, 3.05) is 39.6 Å². The van der Waals surface area contributed by atoms with E-state index in [-0.39, 0.29) is 25.7 Å². The zero-order valence-electron chi connectivity index (χ0n) is 59.7. The molecule has 0 amide bonds. The van der Waals surface area contributed by atoms with E-state index in [4.69, 9.17) is 37.0 Å². The van der Waals surface area contributed by atoms with Crippen LogP contribution in [0, 0.1) is 5.92 Å². The van der Waals surface area contributed by atoms with Gasteiger partial charge in [-0.05, 0) is 31.6 Å². The number of ether oxygens (including phenoxy) is 4. The molecule has 0 aromatic heterocycles. The SMILES string of the molecule is CCCCCCCCCCCCCCCCCCCCCC(=O)O[C@H](COC(=O)CCCCCCCCCCCCC(C)CC)COP(=O)(O)OC[C@@H](O)COP(=O)(O)OC[C@@H](COC(=O)CCCCCCC)OC(=O)CCCCCCCCCCCCCCCC. The zero-order chi connectivity index (χ0) is 67.7. The van der Waals surface area contributed by atoms with Crippen LogP contribution in [0.3, 0.4) is 0 Å². The molecule has 0 aromatic carbocycles. The van der Waals surface area contributed by atoms with Crippen LogP contribution >= 0.6 is 15.6 Å². The Morgan fingerprint density at radius 1 is 0.304 bits per heavy atom. The molecule has 3 N–H and O–H groups in total. The summed E-state index contributed by atoms with van der Waals surface area (Å²) >= 11 is 0. The number of aliphatic hydroxyl groups is 1. The molecule has 3 unspecified atom stereocenters. The van der Waals surface area contributed by atoms with Crippen molar-refractivity contribution in [1.29, 1.82) is 0 Å². The van der Waals surface area contributed by atoms with E-state index < -0.39 is 97.5 Å². The molecule has 0 saturated heterocycles. The van der Waals surface area contributed by atoms with Gasteiger partial charge in [-0.1, -0.05) is 330 Å². The maximum Gasteiger partial charge on any atom is 0.472 e. The lowest BCUT2D eigenvalue weighted by molar-refractivity contribution is -0.161. The first-order chi connectivity index (χ1) is 44.6. The van der Waals surface area contributed by atoms with Crippen molar-refractivity contribution >= 4 is 39.5 Å². The van der Waals surface area contributed by atoms with Crippen molar-refractivity contribution in [3.8, 4) is 0 Å². The third-order valence-corrected chi connectivity index (χ3v) is 19.3. The Kier molecular flexibility index (Phi) is 64.9. The second kappa shape index (κ2) is 66.3. The van der Waals surface area contributed by atoms with Gasteiger partial charge in [0.2, 0.25) is 0 Å². The van der Waals surface area contributed by atoms with Crippen LogP contribution in [-0.4, -0.2) is 96.7 Å². The lowest BCUT2D eigenvalue weighted by Crippen LogP contribution is -2.30. The highest BCUT2D eigenvalue weighted by molar-refractivity contribution is 7.47. The lowest BCUT2D eigenvalue weighted by Gasteiger charge is -2.21. The highest BCUT2D eigenvalue weighted by atomic mass is 31.2.